The van der Waals surface area contributed by atoms with Gasteiger partial charge in [-0.3, -0.25) is 9.59 Å². The monoisotopic (exact) mass is 572 g/mol. The van der Waals surface area contributed by atoms with Crippen LogP contribution < -0.4 is 10.5 Å². The van der Waals surface area contributed by atoms with Gasteiger partial charge in [0.15, 0.2) is 0 Å². The number of hydrogen-bond donors (Lipinski definition) is 1. The van der Waals surface area contributed by atoms with Crippen molar-refractivity contribution in [3.63, 3.8) is 0 Å². The molecule has 0 atom stereocenters. The zero-order chi connectivity index (χ0) is 29.3. The summed E-state index contributed by atoms with van der Waals surface area (Å²) in [6.07, 6.45) is 0. The SMILES string of the molecule is N#Cc1ccccc1OCc1csc(-c2ccc(C(=O)N(CC(N)=O)CC(c3ccccc3)c3ccccc3)cc2)n1. The van der Waals surface area contributed by atoms with Crippen molar-refractivity contribution in [2.45, 2.75) is 12.5 Å². The first-order valence-electron chi connectivity index (χ1n) is 13.4. The summed E-state index contributed by atoms with van der Waals surface area (Å²) in [5, 5.41) is 11.9. The van der Waals surface area contributed by atoms with Gasteiger partial charge in [-0.2, -0.15) is 5.26 Å². The second-order valence-electron chi connectivity index (χ2n) is 9.64. The summed E-state index contributed by atoms with van der Waals surface area (Å²) in [5.74, 6) is -0.470. The molecule has 0 saturated carbocycles. The summed E-state index contributed by atoms with van der Waals surface area (Å²) >= 11 is 1.47. The molecule has 0 unspecified atom stereocenters. The van der Waals surface area contributed by atoms with Crippen LogP contribution in [0.1, 0.15) is 38.7 Å². The Kier molecular flexibility index (Phi) is 9.02. The van der Waals surface area contributed by atoms with Crippen LogP contribution in [0.2, 0.25) is 0 Å². The van der Waals surface area contributed by atoms with Crippen molar-refractivity contribution in [3.05, 3.63) is 143 Å². The minimum Gasteiger partial charge on any atom is -0.486 e. The molecule has 8 heteroatoms. The van der Waals surface area contributed by atoms with Crippen molar-refractivity contribution in [3.8, 4) is 22.4 Å². The first-order chi connectivity index (χ1) is 20.5. The molecule has 0 saturated heterocycles. The van der Waals surface area contributed by atoms with Crippen LogP contribution in [-0.2, 0) is 11.4 Å². The van der Waals surface area contributed by atoms with E-state index in [0.717, 1.165) is 27.4 Å². The lowest BCUT2D eigenvalue weighted by molar-refractivity contribution is -0.118. The van der Waals surface area contributed by atoms with Gasteiger partial charge >= 0.3 is 0 Å². The van der Waals surface area contributed by atoms with Gasteiger partial charge in [0, 0.05) is 29.0 Å². The number of carbonyl (C=O) groups excluding carboxylic acids is 2. The second kappa shape index (κ2) is 13.4. The molecule has 0 fully saturated rings. The molecule has 1 heterocycles. The third kappa shape index (κ3) is 6.89. The lowest BCUT2D eigenvalue weighted by Crippen LogP contribution is -2.41. The first-order valence-corrected chi connectivity index (χ1v) is 14.2. The molecule has 0 spiro atoms. The van der Waals surface area contributed by atoms with Gasteiger partial charge < -0.3 is 15.4 Å². The standard InChI is InChI=1S/C34H28N4O3S/c35-19-28-13-7-8-14-31(28)41-22-29-23-42-33(37-29)26-15-17-27(18-16-26)34(40)38(21-32(36)39)20-30(24-9-3-1-4-10-24)25-11-5-2-6-12-25/h1-18,23,30H,20-22H2,(H2,36,39). The Hall–Kier alpha value is -5.26. The molecule has 0 aliphatic rings. The van der Waals surface area contributed by atoms with Gasteiger partial charge in [0.2, 0.25) is 5.91 Å². The zero-order valence-corrected chi connectivity index (χ0v) is 23.5. The van der Waals surface area contributed by atoms with Gasteiger partial charge in [0.05, 0.1) is 17.8 Å². The highest BCUT2D eigenvalue weighted by molar-refractivity contribution is 7.13. The summed E-state index contributed by atoms with van der Waals surface area (Å²) in [4.78, 5) is 31.9. The van der Waals surface area contributed by atoms with E-state index < -0.39 is 5.91 Å². The third-order valence-electron chi connectivity index (χ3n) is 6.75. The van der Waals surface area contributed by atoms with Crippen molar-refractivity contribution in [1.82, 2.24) is 9.88 Å². The molecule has 0 aliphatic carbocycles. The second-order valence-corrected chi connectivity index (χ2v) is 10.5. The summed E-state index contributed by atoms with van der Waals surface area (Å²) < 4.78 is 5.80. The van der Waals surface area contributed by atoms with Crippen LogP contribution in [-0.4, -0.2) is 34.8 Å². The van der Waals surface area contributed by atoms with Crippen molar-refractivity contribution in [1.29, 1.82) is 5.26 Å². The van der Waals surface area contributed by atoms with Crippen LogP contribution in [0.5, 0.6) is 5.75 Å². The minimum atomic E-state index is -0.574. The molecular weight excluding hydrogens is 544 g/mol. The number of ether oxygens (including phenoxy) is 1. The van der Waals surface area contributed by atoms with Crippen molar-refractivity contribution >= 4 is 23.2 Å². The van der Waals surface area contributed by atoms with Gasteiger partial charge in [0.25, 0.3) is 5.91 Å². The largest absolute Gasteiger partial charge is 0.486 e. The fraction of sp³-hybridized carbons (Fsp3) is 0.118. The van der Waals surface area contributed by atoms with E-state index in [4.69, 9.17) is 10.5 Å². The lowest BCUT2D eigenvalue weighted by Gasteiger charge is -2.28. The quantitative estimate of drug-likeness (QED) is 0.208. The molecule has 2 N–H and O–H groups in total. The number of nitriles is 1. The van der Waals surface area contributed by atoms with E-state index >= 15 is 0 Å². The minimum absolute atomic E-state index is 0.133. The van der Waals surface area contributed by atoms with E-state index in [1.54, 1.807) is 30.3 Å². The van der Waals surface area contributed by atoms with Gasteiger partial charge in [-0.1, -0.05) is 84.9 Å². The van der Waals surface area contributed by atoms with Gasteiger partial charge in [-0.15, -0.1) is 11.3 Å². The molecular formula is C34H28N4O3S. The Bertz CT molecular complexity index is 1660. The third-order valence-corrected chi connectivity index (χ3v) is 7.69. The molecule has 42 heavy (non-hydrogen) atoms. The molecule has 1 aromatic heterocycles. The number of nitrogens with zero attached hydrogens (tertiary/aromatic N) is 3. The van der Waals surface area contributed by atoms with E-state index in [9.17, 15) is 14.9 Å². The molecule has 208 valence electrons. The van der Waals surface area contributed by atoms with E-state index in [-0.39, 0.29) is 25.0 Å². The normalized spacial score (nSPS) is 10.7. The Labute approximate surface area is 248 Å². The number of amides is 2. The van der Waals surface area contributed by atoms with Crippen molar-refractivity contribution < 1.29 is 14.3 Å². The number of nitrogens with two attached hydrogens (primary N) is 1. The summed E-state index contributed by atoms with van der Waals surface area (Å²) in [6.45, 7) is 0.335. The van der Waals surface area contributed by atoms with E-state index in [1.165, 1.54) is 16.2 Å². The van der Waals surface area contributed by atoms with E-state index in [0.29, 0.717) is 23.4 Å². The number of benzene rings is 4. The average molecular weight is 573 g/mol. The molecule has 0 radical (unpaired) electrons. The number of para-hydroxylation sites is 1. The highest BCUT2D eigenvalue weighted by Crippen LogP contribution is 2.28. The molecule has 0 bridgehead atoms. The molecule has 5 aromatic rings. The zero-order valence-electron chi connectivity index (χ0n) is 22.7. The maximum Gasteiger partial charge on any atom is 0.254 e. The van der Waals surface area contributed by atoms with Crippen LogP contribution in [0.3, 0.4) is 0 Å². The summed E-state index contributed by atoms with van der Waals surface area (Å²) in [6, 6.07) is 36.2. The number of aromatic nitrogens is 1. The number of primary amides is 1. The van der Waals surface area contributed by atoms with E-state index in [2.05, 4.69) is 11.1 Å². The number of thiazole rings is 1. The van der Waals surface area contributed by atoms with Gasteiger partial charge in [0.1, 0.15) is 23.4 Å². The number of carbonyl (C=O) groups is 2. The topological polar surface area (TPSA) is 109 Å². The lowest BCUT2D eigenvalue weighted by atomic mass is 9.90. The van der Waals surface area contributed by atoms with E-state index in [1.807, 2.05) is 84.2 Å². The maximum atomic E-state index is 13.7. The summed E-state index contributed by atoms with van der Waals surface area (Å²) in [7, 11) is 0. The highest BCUT2D eigenvalue weighted by atomic mass is 32.1. The molecule has 7 nitrogen and oxygen atoms in total. The Balaban J connectivity index is 1.32. The van der Waals surface area contributed by atoms with Crippen LogP contribution in [0.25, 0.3) is 10.6 Å². The van der Waals surface area contributed by atoms with Crippen LogP contribution in [0.15, 0.2) is 115 Å². The predicted octanol–water partition coefficient (Wildman–Crippen LogP) is 6.02. The van der Waals surface area contributed by atoms with Gasteiger partial charge in [-0.05, 0) is 35.4 Å². The number of hydrogen-bond acceptors (Lipinski definition) is 6. The molecule has 0 aliphatic heterocycles. The van der Waals surface area contributed by atoms with Crippen LogP contribution in [0, 0.1) is 11.3 Å². The van der Waals surface area contributed by atoms with Crippen LogP contribution in [0.4, 0.5) is 0 Å². The fourth-order valence-corrected chi connectivity index (χ4v) is 5.49. The average Bonchev–Trinajstić information content (AvgIpc) is 3.51. The Morgan fingerprint density at radius 1 is 0.881 bits per heavy atom. The predicted molar refractivity (Wildman–Crippen MR) is 163 cm³/mol. The Morgan fingerprint density at radius 3 is 2.12 bits per heavy atom. The van der Waals surface area contributed by atoms with Crippen LogP contribution >= 0.6 is 11.3 Å². The van der Waals surface area contributed by atoms with Gasteiger partial charge in [-0.25, -0.2) is 4.98 Å². The fourth-order valence-electron chi connectivity index (χ4n) is 4.68. The molecule has 5 rings (SSSR count). The molecule has 2 amide bonds. The summed E-state index contributed by atoms with van der Waals surface area (Å²) in [5.41, 5.74) is 10.2. The smallest absolute Gasteiger partial charge is 0.254 e. The van der Waals surface area contributed by atoms with Crippen molar-refractivity contribution in [2.24, 2.45) is 5.73 Å². The Morgan fingerprint density at radius 2 is 1.50 bits per heavy atom. The maximum absolute atomic E-state index is 13.7. The number of rotatable bonds is 11. The highest BCUT2D eigenvalue weighted by Gasteiger charge is 2.24. The first kappa shape index (κ1) is 28.3. The molecule has 4 aromatic carbocycles. The van der Waals surface area contributed by atoms with Crippen molar-refractivity contribution in [2.75, 3.05) is 13.1 Å².